The first-order chi connectivity index (χ1) is 22.2. The van der Waals surface area contributed by atoms with Gasteiger partial charge in [-0.2, -0.15) is 0 Å². The Morgan fingerprint density at radius 3 is 2.11 bits per heavy atom. The molecule has 1 N–H and O–H groups in total. The van der Waals surface area contributed by atoms with Gasteiger partial charge in [0.1, 0.15) is 11.4 Å². The van der Waals surface area contributed by atoms with E-state index in [1.807, 2.05) is 12.3 Å². The zero-order valence-electron chi connectivity index (χ0n) is 29.3. The minimum atomic E-state index is -0.229. The van der Waals surface area contributed by atoms with Crippen LogP contribution in [0.3, 0.4) is 0 Å². The monoisotopic (exact) mass is 621 g/mol. The Kier molecular flexibility index (Phi) is 8.34. The maximum Gasteiger partial charge on any atom is 0.145 e. The third-order valence-electron chi connectivity index (χ3n) is 9.05. The van der Waals surface area contributed by atoms with Crippen molar-refractivity contribution in [2.45, 2.75) is 79.6 Å². The quantitative estimate of drug-likeness (QED) is 0.201. The standard InChI is InChI=1S/C43H47N3O/c1-27(2)21-38-39(35-23-32(42(4,5)6)24-36(40(35)47)43(7,8)9)45-41-33(19-14-20-46(38)41)30-17-13-18-31(22-30)37-25-34(28(3)26-44-37)29-15-11-10-12-16-29/h10-20,22-27,47H,21H2,1-9H3. The number of nitrogens with zero attached hydrogens (tertiary/aromatic N) is 3. The van der Waals surface area contributed by atoms with Gasteiger partial charge in [0.25, 0.3) is 0 Å². The van der Waals surface area contributed by atoms with E-state index in [0.717, 1.165) is 62.5 Å². The first-order valence-corrected chi connectivity index (χ1v) is 16.7. The third-order valence-corrected chi connectivity index (χ3v) is 9.05. The molecule has 0 aliphatic rings. The molecule has 0 radical (unpaired) electrons. The Balaban J connectivity index is 1.54. The van der Waals surface area contributed by atoms with Crippen LogP contribution in [0.15, 0.2) is 97.3 Å². The molecule has 0 unspecified atom stereocenters. The van der Waals surface area contributed by atoms with Crippen LogP contribution in [0.5, 0.6) is 5.75 Å². The number of hydrogen-bond acceptors (Lipinski definition) is 3. The van der Waals surface area contributed by atoms with E-state index in [2.05, 4.69) is 152 Å². The molecule has 6 rings (SSSR count). The summed E-state index contributed by atoms with van der Waals surface area (Å²) in [5.74, 6) is 0.726. The maximum absolute atomic E-state index is 11.9. The second-order valence-electron chi connectivity index (χ2n) is 15.4. The number of benzene rings is 3. The summed E-state index contributed by atoms with van der Waals surface area (Å²) < 4.78 is 2.23. The molecule has 0 atom stereocenters. The van der Waals surface area contributed by atoms with Crippen molar-refractivity contribution in [3.8, 4) is 50.5 Å². The lowest BCUT2D eigenvalue weighted by Crippen LogP contribution is -2.17. The second-order valence-corrected chi connectivity index (χ2v) is 15.4. The van der Waals surface area contributed by atoms with E-state index in [4.69, 9.17) is 9.97 Å². The van der Waals surface area contributed by atoms with Gasteiger partial charge in [-0.25, -0.2) is 4.98 Å². The molecule has 47 heavy (non-hydrogen) atoms. The molecule has 0 bridgehead atoms. The van der Waals surface area contributed by atoms with E-state index >= 15 is 0 Å². The average molecular weight is 622 g/mol. The highest BCUT2D eigenvalue weighted by Gasteiger charge is 2.28. The number of imidazole rings is 1. The van der Waals surface area contributed by atoms with Crippen LogP contribution in [0.25, 0.3) is 50.4 Å². The number of phenolic OH excluding ortho intramolecular Hbond substituents is 1. The summed E-state index contributed by atoms with van der Waals surface area (Å²) in [4.78, 5) is 10.2. The van der Waals surface area contributed by atoms with Crippen LogP contribution in [-0.2, 0) is 17.3 Å². The third kappa shape index (κ3) is 6.34. The van der Waals surface area contributed by atoms with Crippen LogP contribution in [0.1, 0.15) is 77.8 Å². The Bertz CT molecular complexity index is 2070. The summed E-state index contributed by atoms with van der Waals surface area (Å²) in [6, 6.07) is 29.9. The summed E-state index contributed by atoms with van der Waals surface area (Å²) in [6.45, 7) is 19.7. The maximum atomic E-state index is 11.9. The lowest BCUT2D eigenvalue weighted by Gasteiger charge is -2.27. The first kappa shape index (κ1) is 32.2. The van der Waals surface area contributed by atoms with Crippen LogP contribution < -0.4 is 0 Å². The predicted molar refractivity (Wildman–Crippen MR) is 197 cm³/mol. The largest absolute Gasteiger partial charge is 0.507 e. The van der Waals surface area contributed by atoms with Crippen molar-refractivity contribution in [3.63, 3.8) is 0 Å². The van der Waals surface area contributed by atoms with Crippen molar-refractivity contribution in [2.75, 3.05) is 0 Å². The normalized spacial score (nSPS) is 12.3. The predicted octanol–water partition coefficient (Wildman–Crippen LogP) is 11.2. The SMILES string of the molecule is Cc1cnc(-c2cccc(-c3cccn4c(CC(C)C)c(-c5cc(C(C)(C)C)cc(C(C)(C)C)c5O)nc34)c2)cc1-c1ccccc1. The lowest BCUT2D eigenvalue weighted by atomic mass is 9.78. The fraction of sp³-hybridized carbons (Fsp3) is 0.302. The molecule has 0 amide bonds. The highest BCUT2D eigenvalue weighted by Crippen LogP contribution is 2.44. The molecule has 0 fully saturated rings. The summed E-state index contributed by atoms with van der Waals surface area (Å²) in [5.41, 5.74) is 13.1. The Morgan fingerprint density at radius 1 is 0.723 bits per heavy atom. The minimum absolute atomic E-state index is 0.0875. The summed E-state index contributed by atoms with van der Waals surface area (Å²) in [7, 11) is 0. The Labute approximate surface area is 280 Å². The van der Waals surface area contributed by atoms with Crippen molar-refractivity contribution in [1.29, 1.82) is 0 Å². The minimum Gasteiger partial charge on any atom is -0.507 e. The molecule has 0 spiro atoms. The summed E-state index contributed by atoms with van der Waals surface area (Å²) >= 11 is 0. The van der Waals surface area contributed by atoms with Gasteiger partial charge in [-0.1, -0.05) is 110 Å². The number of aromatic hydroxyl groups is 1. The molecule has 3 aromatic carbocycles. The van der Waals surface area contributed by atoms with Gasteiger partial charge in [0, 0.05) is 34.6 Å². The highest BCUT2D eigenvalue weighted by atomic mass is 16.3. The fourth-order valence-electron chi connectivity index (χ4n) is 6.42. The molecule has 4 nitrogen and oxygen atoms in total. The molecular formula is C43H47N3O. The summed E-state index contributed by atoms with van der Waals surface area (Å²) in [5, 5.41) is 11.9. The lowest BCUT2D eigenvalue weighted by molar-refractivity contribution is 0.446. The average Bonchev–Trinajstić information content (AvgIpc) is 3.38. The number of hydrogen-bond donors (Lipinski definition) is 1. The zero-order chi connectivity index (χ0) is 33.7. The number of fused-ring (bicyclic) bond motifs is 1. The van der Waals surface area contributed by atoms with Crippen molar-refractivity contribution < 1.29 is 5.11 Å². The van der Waals surface area contributed by atoms with Crippen molar-refractivity contribution >= 4 is 5.65 Å². The van der Waals surface area contributed by atoms with Gasteiger partial charge in [0.2, 0.25) is 0 Å². The molecule has 6 aromatic rings. The molecule has 3 aromatic heterocycles. The van der Waals surface area contributed by atoms with E-state index in [1.54, 1.807) is 0 Å². The van der Waals surface area contributed by atoms with Crippen LogP contribution in [0.2, 0.25) is 0 Å². The van der Waals surface area contributed by atoms with E-state index in [1.165, 1.54) is 16.7 Å². The molecule has 4 heteroatoms. The molecule has 3 heterocycles. The van der Waals surface area contributed by atoms with Gasteiger partial charge < -0.3 is 9.51 Å². The van der Waals surface area contributed by atoms with Crippen LogP contribution >= 0.6 is 0 Å². The van der Waals surface area contributed by atoms with Crippen molar-refractivity contribution in [1.82, 2.24) is 14.4 Å². The molecule has 0 aliphatic heterocycles. The molecule has 0 saturated heterocycles. The molecule has 0 saturated carbocycles. The van der Waals surface area contributed by atoms with E-state index in [9.17, 15) is 5.11 Å². The first-order valence-electron chi connectivity index (χ1n) is 16.7. The van der Waals surface area contributed by atoms with Crippen LogP contribution in [-0.4, -0.2) is 19.5 Å². The van der Waals surface area contributed by atoms with E-state index < -0.39 is 0 Å². The zero-order valence-corrected chi connectivity index (χ0v) is 29.3. The van der Waals surface area contributed by atoms with Crippen LogP contribution in [0, 0.1) is 12.8 Å². The van der Waals surface area contributed by atoms with Gasteiger partial charge in [0.15, 0.2) is 0 Å². The second kappa shape index (κ2) is 12.2. The van der Waals surface area contributed by atoms with E-state index in [0.29, 0.717) is 11.7 Å². The highest BCUT2D eigenvalue weighted by molar-refractivity contribution is 5.85. The molecular weight excluding hydrogens is 574 g/mol. The topological polar surface area (TPSA) is 50.4 Å². The molecule has 240 valence electrons. The van der Waals surface area contributed by atoms with E-state index in [-0.39, 0.29) is 10.8 Å². The number of pyridine rings is 2. The number of rotatable bonds is 6. The number of aromatic nitrogens is 3. The van der Waals surface area contributed by atoms with Gasteiger partial charge in [0.05, 0.1) is 17.1 Å². The van der Waals surface area contributed by atoms with Crippen molar-refractivity contribution in [2.24, 2.45) is 5.92 Å². The number of phenols is 1. The number of aryl methyl sites for hydroxylation is 1. The van der Waals surface area contributed by atoms with Gasteiger partial charge in [-0.15, -0.1) is 0 Å². The summed E-state index contributed by atoms with van der Waals surface area (Å²) in [6.07, 6.45) is 4.91. The Hall–Kier alpha value is -4.70. The smallest absolute Gasteiger partial charge is 0.145 e. The van der Waals surface area contributed by atoms with Crippen LogP contribution in [0.4, 0.5) is 0 Å². The molecule has 0 aliphatic carbocycles. The van der Waals surface area contributed by atoms with Gasteiger partial charge >= 0.3 is 0 Å². The van der Waals surface area contributed by atoms with Gasteiger partial charge in [-0.05, 0) is 88.2 Å². The van der Waals surface area contributed by atoms with Crippen molar-refractivity contribution in [3.05, 3.63) is 120 Å². The van der Waals surface area contributed by atoms with Gasteiger partial charge in [-0.3, -0.25) is 4.98 Å². The fourth-order valence-corrected chi connectivity index (χ4v) is 6.42. The Morgan fingerprint density at radius 2 is 1.43 bits per heavy atom.